The third kappa shape index (κ3) is 4.31. The summed E-state index contributed by atoms with van der Waals surface area (Å²) >= 11 is 0. The number of nitrogens with zero attached hydrogens (tertiary/aromatic N) is 1. The van der Waals surface area contributed by atoms with Crippen molar-refractivity contribution in [3.63, 3.8) is 0 Å². The van der Waals surface area contributed by atoms with Gasteiger partial charge in [-0.2, -0.15) is 0 Å². The first kappa shape index (κ1) is 19.4. The normalized spacial score (nSPS) is 16.0. The number of rotatable bonds is 5. The highest BCUT2D eigenvalue weighted by atomic mass is 16.5. The molecule has 146 valence electrons. The Kier molecular flexibility index (Phi) is 5.63. The molecule has 0 aliphatic carbocycles. The maximum atomic E-state index is 12.7. The molecule has 1 aliphatic heterocycles. The number of nitrogens with one attached hydrogen (secondary N) is 2. The van der Waals surface area contributed by atoms with E-state index in [1.54, 1.807) is 36.3 Å². The third-order valence-corrected chi connectivity index (χ3v) is 4.68. The predicted molar refractivity (Wildman–Crippen MR) is 108 cm³/mol. The summed E-state index contributed by atoms with van der Waals surface area (Å²) in [6.07, 6.45) is 0.146. The molecule has 1 saturated heterocycles. The zero-order valence-electron chi connectivity index (χ0n) is 16.1. The van der Waals surface area contributed by atoms with Gasteiger partial charge in [-0.1, -0.05) is 12.1 Å². The molecule has 2 aromatic rings. The molecule has 0 radical (unpaired) electrons. The van der Waals surface area contributed by atoms with Gasteiger partial charge in [-0.05, 0) is 36.8 Å². The Morgan fingerprint density at radius 3 is 2.64 bits per heavy atom. The van der Waals surface area contributed by atoms with Crippen molar-refractivity contribution in [2.75, 3.05) is 29.2 Å². The molecule has 1 atom stereocenters. The van der Waals surface area contributed by atoms with Crippen molar-refractivity contribution in [2.24, 2.45) is 5.92 Å². The van der Waals surface area contributed by atoms with Crippen LogP contribution >= 0.6 is 0 Å². The largest absolute Gasteiger partial charge is 0.497 e. The summed E-state index contributed by atoms with van der Waals surface area (Å²) in [6, 6.07) is 12.5. The monoisotopic (exact) mass is 381 g/mol. The maximum Gasteiger partial charge on any atom is 0.229 e. The van der Waals surface area contributed by atoms with E-state index in [1.165, 1.54) is 6.92 Å². The minimum absolute atomic E-state index is 0.101. The van der Waals surface area contributed by atoms with Gasteiger partial charge in [0.05, 0.1) is 13.0 Å². The fourth-order valence-corrected chi connectivity index (χ4v) is 3.18. The van der Waals surface area contributed by atoms with E-state index in [0.29, 0.717) is 29.4 Å². The third-order valence-electron chi connectivity index (χ3n) is 4.68. The highest BCUT2D eigenvalue weighted by Gasteiger charge is 2.35. The van der Waals surface area contributed by atoms with E-state index in [-0.39, 0.29) is 24.1 Å². The number of carbonyl (C=O) groups is 3. The molecular weight excluding hydrogens is 358 g/mol. The number of hydrogen-bond acceptors (Lipinski definition) is 4. The van der Waals surface area contributed by atoms with Crippen LogP contribution in [0.2, 0.25) is 0 Å². The Morgan fingerprint density at radius 2 is 1.93 bits per heavy atom. The van der Waals surface area contributed by atoms with Crippen molar-refractivity contribution in [3.05, 3.63) is 48.0 Å². The molecule has 7 nitrogen and oxygen atoms in total. The summed E-state index contributed by atoms with van der Waals surface area (Å²) in [5.74, 6) is -0.304. The Bertz CT molecular complexity index is 926. The quantitative estimate of drug-likeness (QED) is 0.834. The summed E-state index contributed by atoms with van der Waals surface area (Å²) in [7, 11) is 1.57. The molecule has 1 aliphatic rings. The van der Waals surface area contributed by atoms with Gasteiger partial charge in [0, 0.05) is 43.0 Å². The van der Waals surface area contributed by atoms with Gasteiger partial charge in [0.1, 0.15) is 5.75 Å². The Hall–Kier alpha value is -3.35. The van der Waals surface area contributed by atoms with Crippen molar-refractivity contribution in [2.45, 2.75) is 20.3 Å². The Balaban J connectivity index is 1.70. The first-order chi connectivity index (χ1) is 13.4. The lowest BCUT2D eigenvalue weighted by Crippen LogP contribution is -2.28. The summed E-state index contributed by atoms with van der Waals surface area (Å²) in [5, 5.41) is 5.58. The molecule has 1 heterocycles. The van der Waals surface area contributed by atoms with Gasteiger partial charge >= 0.3 is 0 Å². The number of benzene rings is 2. The van der Waals surface area contributed by atoms with Crippen molar-refractivity contribution < 1.29 is 19.1 Å². The van der Waals surface area contributed by atoms with Crippen molar-refractivity contribution >= 4 is 34.8 Å². The summed E-state index contributed by atoms with van der Waals surface area (Å²) in [5.41, 5.74) is 2.83. The molecule has 28 heavy (non-hydrogen) atoms. The molecule has 0 aromatic heterocycles. The van der Waals surface area contributed by atoms with Crippen molar-refractivity contribution in [1.29, 1.82) is 0 Å². The SMILES string of the molecule is COc1cccc(N2CC(C(=O)Nc3ccc(C)c(NC(C)=O)c3)CC2=O)c1. The van der Waals surface area contributed by atoms with E-state index >= 15 is 0 Å². The van der Waals surface area contributed by atoms with Crippen molar-refractivity contribution in [3.8, 4) is 5.75 Å². The molecule has 7 heteroatoms. The lowest BCUT2D eigenvalue weighted by atomic mass is 10.1. The molecule has 1 unspecified atom stereocenters. The molecule has 0 saturated carbocycles. The molecular formula is C21H23N3O4. The van der Waals surface area contributed by atoms with Gasteiger partial charge in [-0.3, -0.25) is 14.4 Å². The molecule has 0 bridgehead atoms. The fraction of sp³-hybridized carbons (Fsp3) is 0.286. The topological polar surface area (TPSA) is 87.7 Å². The van der Waals surface area contributed by atoms with Gasteiger partial charge in [-0.25, -0.2) is 0 Å². The van der Waals surface area contributed by atoms with Crippen LogP contribution in [0.4, 0.5) is 17.1 Å². The van der Waals surface area contributed by atoms with Crippen LogP contribution in [0.1, 0.15) is 18.9 Å². The van der Waals surface area contributed by atoms with E-state index < -0.39 is 5.92 Å². The second kappa shape index (κ2) is 8.12. The van der Waals surface area contributed by atoms with Gasteiger partial charge in [0.15, 0.2) is 0 Å². The fourth-order valence-electron chi connectivity index (χ4n) is 3.18. The van der Waals surface area contributed by atoms with Gasteiger partial charge in [0.25, 0.3) is 0 Å². The zero-order valence-corrected chi connectivity index (χ0v) is 16.1. The highest BCUT2D eigenvalue weighted by molar-refractivity contribution is 6.04. The average Bonchev–Trinajstić information content (AvgIpc) is 3.06. The van der Waals surface area contributed by atoms with E-state index in [9.17, 15) is 14.4 Å². The van der Waals surface area contributed by atoms with Crippen molar-refractivity contribution in [1.82, 2.24) is 0 Å². The standard InChI is InChI=1S/C21H23N3O4/c1-13-7-8-16(10-19(13)22-14(2)25)23-21(27)15-9-20(26)24(12-15)17-5-4-6-18(11-17)28-3/h4-8,10-11,15H,9,12H2,1-3H3,(H,22,25)(H,23,27). The van der Waals surface area contributed by atoms with E-state index in [2.05, 4.69) is 10.6 Å². The maximum absolute atomic E-state index is 12.7. The van der Waals surface area contributed by atoms with Crippen LogP contribution in [0.5, 0.6) is 5.75 Å². The van der Waals surface area contributed by atoms with Crippen LogP contribution in [-0.4, -0.2) is 31.4 Å². The molecule has 1 fully saturated rings. The Morgan fingerprint density at radius 1 is 1.14 bits per heavy atom. The number of aryl methyl sites for hydroxylation is 1. The van der Waals surface area contributed by atoms with E-state index in [0.717, 1.165) is 5.56 Å². The predicted octanol–water partition coefficient (Wildman–Crippen LogP) is 2.95. The molecule has 3 rings (SSSR count). The smallest absolute Gasteiger partial charge is 0.229 e. The number of amides is 3. The van der Waals surface area contributed by atoms with Gasteiger partial charge < -0.3 is 20.3 Å². The summed E-state index contributed by atoms with van der Waals surface area (Å²) in [4.78, 5) is 38.0. The number of ether oxygens (including phenoxy) is 1. The number of anilines is 3. The first-order valence-corrected chi connectivity index (χ1v) is 9.01. The van der Waals surface area contributed by atoms with Crippen LogP contribution in [0.15, 0.2) is 42.5 Å². The van der Waals surface area contributed by atoms with Crippen LogP contribution < -0.4 is 20.3 Å². The second-order valence-electron chi connectivity index (χ2n) is 6.81. The van der Waals surface area contributed by atoms with E-state index in [1.807, 2.05) is 25.1 Å². The number of carbonyl (C=O) groups excluding carboxylic acids is 3. The average molecular weight is 381 g/mol. The molecule has 0 spiro atoms. The number of hydrogen-bond donors (Lipinski definition) is 2. The molecule has 3 amide bonds. The summed E-state index contributed by atoms with van der Waals surface area (Å²) in [6.45, 7) is 3.61. The molecule has 2 aromatic carbocycles. The number of methoxy groups -OCH3 is 1. The highest BCUT2D eigenvalue weighted by Crippen LogP contribution is 2.29. The lowest BCUT2D eigenvalue weighted by molar-refractivity contribution is -0.122. The van der Waals surface area contributed by atoms with Crippen LogP contribution in [0, 0.1) is 12.8 Å². The van der Waals surface area contributed by atoms with Gasteiger partial charge in [0.2, 0.25) is 17.7 Å². The van der Waals surface area contributed by atoms with Crippen LogP contribution in [-0.2, 0) is 14.4 Å². The van der Waals surface area contributed by atoms with Gasteiger partial charge in [-0.15, -0.1) is 0 Å². The second-order valence-corrected chi connectivity index (χ2v) is 6.81. The Labute approximate surface area is 163 Å². The van der Waals surface area contributed by atoms with Crippen LogP contribution in [0.3, 0.4) is 0 Å². The first-order valence-electron chi connectivity index (χ1n) is 9.01. The molecule has 2 N–H and O–H groups in total. The summed E-state index contributed by atoms with van der Waals surface area (Å²) < 4.78 is 5.20. The lowest BCUT2D eigenvalue weighted by Gasteiger charge is -2.17. The minimum Gasteiger partial charge on any atom is -0.497 e. The minimum atomic E-state index is -0.454. The van der Waals surface area contributed by atoms with Crippen LogP contribution in [0.25, 0.3) is 0 Å². The van der Waals surface area contributed by atoms with E-state index in [4.69, 9.17) is 4.74 Å². The zero-order chi connectivity index (χ0) is 20.3.